The van der Waals surface area contributed by atoms with Crippen molar-refractivity contribution in [1.82, 2.24) is 15.2 Å². The van der Waals surface area contributed by atoms with Crippen molar-refractivity contribution >= 4 is 11.6 Å². The Hall–Kier alpha value is -3.25. The van der Waals surface area contributed by atoms with Crippen LogP contribution >= 0.6 is 0 Å². The summed E-state index contributed by atoms with van der Waals surface area (Å²) in [5.41, 5.74) is 3.67. The molecule has 1 aliphatic rings. The minimum absolute atomic E-state index is 0.0939. The van der Waals surface area contributed by atoms with Gasteiger partial charge in [-0.05, 0) is 54.1 Å². The zero-order chi connectivity index (χ0) is 20.8. The molecule has 0 spiro atoms. The van der Waals surface area contributed by atoms with Gasteiger partial charge >= 0.3 is 0 Å². The van der Waals surface area contributed by atoms with Crippen LogP contribution < -0.4 is 10.2 Å². The Morgan fingerprint density at radius 3 is 2.50 bits per heavy atom. The zero-order valence-electron chi connectivity index (χ0n) is 16.8. The van der Waals surface area contributed by atoms with Crippen molar-refractivity contribution in [3.8, 4) is 0 Å². The molecule has 2 heterocycles. The first-order chi connectivity index (χ1) is 14.7. The van der Waals surface area contributed by atoms with Crippen LogP contribution in [0, 0.1) is 5.82 Å². The molecule has 4 rings (SSSR count). The van der Waals surface area contributed by atoms with Gasteiger partial charge < -0.3 is 10.2 Å². The highest BCUT2D eigenvalue weighted by molar-refractivity contribution is 5.94. The summed E-state index contributed by atoms with van der Waals surface area (Å²) in [6.45, 7) is 4.86. The van der Waals surface area contributed by atoms with Crippen LogP contribution in [-0.2, 0) is 13.1 Å². The molecule has 6 heteroatoms. The fourth-order valence-corrected chi connectivity index (χ4v) is 3.66. The van der Waals surface area contributed by atoms with E-state index in [0.717, 1.165) is 49.7 Å². The third kappa shape index (κ3) is 5.21. The van der Waals surface area contributed by atoms with Gasteiger partial charge in [-0.25, -0.2) is 4.39 Å². The van der Waals surface area contributed by atoms with Crippen molar-refractivity contribution in [2.24, 2.45) is 0 Å². The molecule has 0 radical (unpaired) electrons. The molecule has 5 nitrogen and oxygen atoms in total. The molecule has 3 aromatic rings. The van der Waals surface area contributed by atoms with Gasteiger partial charge in [-0.15, -0.1) is 0 Å². The Morgan fingerprint density at radius 1 is 0.967 bits per heavy atom. The largest absolute Gasteiger partial charge is 0.369 e. The standard InChI is InChI=1S/C24H25FN4O/c25-21-7-9-23(10-8-21)29-14-12-28(13-15-29)18-19-4-3-5-20(16-19)24(30)27-17-22-6-1-2-11-26-22/h1-11,16H,12-15,17-18H2,(H,27,30). The number of pyridine rings is 1. The van der Waals surface area contributed by atoms with Crippen molar-refractivity contribution in [3.63, 3.8) is 0 Å². The van der Waals surface area contributed by atoms with Crippen LogP contribution in [0.4, 0.5) is 10.1 Å². The molecule has 154 valence electrons. The van der Waals surface area contributed by atoms with Gasteiger partial charge in [0.15, 0.2) is 0 Å². The van der Waals surface area contributed by atoms with Gasteiger partial charge in [0.1, 0.15) is 5.82 Å². The number of aromatic nitrogens is 1. The molecular weight excluding hydrogens is 379 g/mol. The average Bonchev–Trinajstić information content (AvgIpc) is 2.79. The number of amides is 1. The number of hydrogen-bond acceptors (Lipinski definition) is 4. The van der Waals surface area contributed by atoms with Crippen LogP contribution in [0.3, 0.4) is 0 Å². The molecule has 0 bridgehead atoms. The Balaban J connectivity index is 1.30. The molecular formula is C24H25FN4O. The first kappa shape index (κ1) is 20.0. The van der Waals surface area contributed by atoms with Crippen LogP contribution in [0.2, 0.25) is 0 Å². The van der Waals surface area contributed by atoms with E-state index in [9.17, 15) is 9.18 Å². The third-order valence-corrected chi connectivity index (χ3v) is 5.32. The maximum absolute atomic E-state index is 13.1. The van der Waals surface area contributed by atoms with Gasteiger partial charge in [0.25, 0.3) is 5.91 Å². The second-order valence-electron chi connectivity index (χ2n) is 7.44. The number of rotatable bonds is 6. The monoisotopic (exact) mass is 404 g/mol. The van der Waals surface area contributed by atoms with Gasteiger partial charge in [-0.3, -0.25) is 14.7 Å². The fourth-order valence-electron chi connectivity index (χ4n) is 3.66. The van der Waals surface area contributed by atoms with Crippen molar-refractivity contribution in [1.29, 1.82) is 0 Å². The zero-order valence-corrected chi connectivity index (χ0v) is 16.8. The molecule has 1 aromatic heterocycles. The van der Waals surface area contributed by atoms with Gasteiger partial charge in [-0.1, -0.05) is 18.2 Å². The molecule has 1 aliphatic heterocycles. The molecule has 1 amide bonds. The minimum atomic E-state index is -0.207. The van der Waals surface area contributed by atoms with E-state index in [4.69, 9.17) is 0 Å². The number of carbonyl (C=O) groups is 1. The maximum Gasteiger partial charge on any atom is 0.251 e. The van der Waals surface area contributed by atoms with Crippen molar-refractivity contribution < 1.29 is 9.18 Å². The summed E-state index contributed by atoms with van der Waals surface area (Å²) in [4.78, 5) is 21.4. The number of nitrogens with zero attached hydrogens (tertiary/aromatic N) is 3. The summed E-state index contributed by atoms with van der Waals surface area (Å²) in [5.74, 6) is -0.301. The van der Waals surface area contributed by atoms with Crippen LogP contribution in [0.5, 0.6) is 0 Å². The van der Waals surface area contributed by atoms with E-state index in [1.165, 1.54) is 12.1 Å². The predicted octanol–water partition coefficient (Wildman–Crippen LogP) is 3.47. The lowest BCUT2D eigenvalue weighted by Crippen LogP contribution is -2.46. The van der Waals surface area contributed by atoms with E-state index < -0.39 is 0 Å². The summed E-state index contributed by atoms with van der Waals surface area (Å²) in [6.07, 6.45) is 1.72. The Kier molecular flexibility index (Phi) is 6.35. The van der Waals surface area contributed by atoms with Crippen LogP contribution in [0.1, 0.15) is 21.6 Å². The molecule has 0 saturated carbocycles. The second-order valence-corrected chi connectivity index (χ2v) is 7.44. The summed E-state index contributed by atoms with van der Waals surface area (Å²) in [7, 11) is 0. The van der Waals surface area contributed by atoms with Gasteiger partial charge in [0.05, 0.1) is 12.2 Å². The SMILES string of the molecule is O=C(NCc1ccccn1)c1cccc(CN2CCN(c3ccc(F)cc3)CC2)c1. The number of carbonyl (C=O) groups excluding carboxylic acids is 1. The quantitative estimate of drug-likeness (QED) is 0.684. The number of anilines is 1. The molecule has 1 N–H and O–H groups in total. The van der Waals surface area contributed by atoms with Crippen molar-refractivity contribution in [2.75, 3.05) is 31.1 Å². The molecule has 0 atom stereocenters. The van der Waals surface area contributed by atoms with Gasteiger partial charge in [-0.2, -0.15) is 0 Å². The number of nitrogens with one attached hydrogen (secondary N) is 1. The summed E-state index contributed by atoms with van der Waals surface area (Å²) >= 11 is 0. The summed E-state index contributed by atoms with van der Waals surface area (Å²) in [6, 6.07) is 20.1. The predicted molar refractivity (Wildman–Crippen MR) is 116 cm³/mol. The first-order valence-electron chi connectivity index (χ1n) is 10.2. The van der Waals surface area contributed by atoms with Crippen LogP contribution in [0.25, 0.3) is 0 Å². The Bertz CT molecular complexity index is 970. The van der Waals surface area contributed by atoms with Gasteiger partial charge in [0.2, 0.25) is 0 Å². The lowest BCUT2D eigenvalue weighted by Gasteiger charge is -2.36. The first-order valence-corrected chi connectivity index (χ1v) is 10.2. The highest BCUT2D eigenvalue weighted by atomic mass is 19.1. The smallest absolute Gasteiger partial charge is 0.251 e. The summed E-state index contributed by atoms with van der Waals surface area (Å²) < 4.78 is 13.1. The number of hydrogen-bond donors (Lipinski definition) is 1. The molecule has 0 aliphatic carbocycles. The van der Waals surface area contributed by atoms with Crippen molar-refractivity contribution in [2.45, 2.75) is 13.1 Å². The van der Waals surface area contributed by atoms with E-state index in [0.29, 0.717) is 12.1 Å². The molecule has 1 saturated heterocycles. The van der Waals surface area contributed by atoms with E-state index >= 15 is 0 Å². The second kappa shape index (κ2) is 9.50. The van der Waals surface area contributed by atoms with E-state index in [1.807, 2.05) is 48.5 Å². The van der Waals surface area contributed by atoms with Crippen molar-refractivity contribution in [3.05, 3.63) is 95.6 Å². The lowest BCUT2D eigenvalue weighted by atomic mass is 10.1. The topological polar surface area (TPSA) is 48.5 Å². The fraction of sp³-hybridized carbons (Fsp3) is 0.250. The lowest BCUT2D eigenvalue weighted by molar-refractivity contribution is 0.0950. The maximum atomic E-state index is 13.1. The normalized spacial score (nSPS) is 14.5. The van der Waals surface area contributed by atoms with E-state index in [2.05, 4.69) is 26.2 Å². The highest BCUT2D eigenvalue weighted by Gasteiger charge is 2.18. The third-order valence-electron chi connectivity index (χ3n) is 5.32. The van der Waals surface area contributed by atoms with Crippen LogP contribution in [-0.4, -0.2) is 42.0 Å². The molecule has 2 aromatic carbocycles. The number of benzene rings is 2. The number of piperazine rings is 1. The van der Waals surface area contributed by atoms with E-state index in [1.54, 1.807) is 6.20 Å². The number of halogens is 1. The molecule has 1 fully saturated rings. The van der Waals surface area contributed by atoms with Gasteiger partial charge in [0, 0.05) is 50.2 Å². The summed E-state index contributed by atoms with van der Waals surface area (Å²) in [5, 5.41) is 2.93. The van der Waals surface area contributed by atoms with Crippen LogP contribution in [0.15, 0.2) is 72.9 Å². The molecule has 0 unspecified atom stereocenters. The Morgan fingerprint density at radius 2 is 1.77 bits per heavy atom. The average molecular weight is 404 g/mol. The highest BCUT2D eigenvalue weighted by Crippen LogP contribution is 2.18. The Labute approximate surface area is 176 Å². The van der Waals surface area contributed by atoms with E-state index in [-0.39, 0.29) is 11.7 Å². The molecule has 30 heavy (non-hydrogen) atoms. The minimum Gasteiger partial charge on any atom is -0.369 e.